The van der Waals surface area contributed by atoms with Crippen LogP contribution in [-0.2, 0) is 9.53 Å². The molecule has 0 aromatic rings. The van der Waals surface area contributed by atoms with E-state index >= 15 is 0 Å². The van der Waals surface area contributed by atoms with Crippen LogP contribution in [0.2, 0.25) is 0 Å². The Balaban J connectivity index is 2.77. The maximum atomic E-state index is 12.2. The van der Waals surface area contributed by atoms with Crippen LogP contribution in [0.3, 0.4) is 0 Å². The largest absolute Gasteiger partial charge is 0.496 e. The van der Waals surface area contributed by atoms with Gasteiger partial charge in [-0.3, -0.25) is 4.79 Å². The highest BCUT2D eigenvalue weighted by molar-refractivity contribution is 8.04. The van der Waals surface area contributed by atoms with Crippen LogP contribution in [-0.4, -0.2) is 23.8 Å². The van der Waals surface area contributed by atoms with Crippen molar-refractivity contribution >= 4 is 17.7 Å². The van der Waals surface area contributed by atoms with Crippen molar-refractivity contribution in [2.45, 2.75) is 52.5 Å². The second kappa shape index (κ2) is 6.34. The minimum Gasteiger partial charge on any atom is -0.496 e. The first-order valence-corrected chi connectivity index (χ1v) is 7.36. The first-order valence-electron chi connectivity index (χ1n) is 6.37. The fourth-order valence-corrected chi connectivity index (χ4v) is 2.86. The van der Waals surface area contributed by atoms with Gasteiger partial charge >= 0.3 is 0 Å². The van der Waals surface area contributed by atoms with Gasteiger partial charge < -0.3 is 10.1 Å². The number of hydrogen-bond acceptors (Lipinski definition) is 3. The minimum absolute atomic E-state index is 0.0257. The number of carbonyl (C=O) groups excluding carboxylic acids is 1. The second-order valence-corrected chi connectivity index (χ2v) is 5.48. The van der Waals surface area contributed by atoms with Crippen LogP contribution < -0.4 is 5.32 Å². The molecule has 1 N–H and O–H groups in total. The molecule has 0 atom stereocenters. The molecular weight excluding hydrogens is 234 g/mol. The normalized spacial score (nSPS) is 16.7. The van der Waals surface area contributed by atoms with Crippen LogP contribution in [0.5, 0.6) is 0 Å². The SMILES string of the molecule is CCC(CC)(CC)NC(=O)C1=C(C)OCCS1. The van der Waals surface area contributed by atoms with E-state index in [0.29, 0.717) is 6.61 Å². The van der Waals surface area contributed by atoms with Crippen molar-refractivity contribution in [1.29, 1.82) is 0 Å². The lowest BCUT2D eigenvalue weighted by atomic mass is 9.90. The van der Waals surface area contributed by atoms with Crippen LogP contribution in [0.15, 0.2) is 10.7 Å². The third-order valence-electron chi connectivity index (χ3n) is 3.58. The Kier molecular flexibility index (Phi) is 5.37. The van der Waals surface area contributed by atoms with Gasteiger partial charge in [0, 0.05) is 11.3 Å². The van der Waals surface area contributed by atoms with E-state index in [1.54, 1.807) is 11.8 Å². The fraction of sp³-hybridized carbons (Fsp3) is 0.769. The van der Waals surface area contributed by atoms with Gasteiger partial charge in [-0.15, -0.1) is 11.8 Å². The predicted molar refractivity (Wildman–Crippen MR) is 72.9 cm³/mol. The summed E-state index contributed by atoms with van der Waals surface area (Å²) in [6.45, 7) is 8.94. The Hall–Kier alpha value is -0.640. The van der Waals surface area contributed by atoms with Gasteiger partial charge in [0.1, 0.15) is 10.7 Å². The first kappa shape index (κ1) is 14.4. The number of ether oxygens (including phenoxy) is 1. The highest BCUT2D eigenvalue weighted by atomic mass is 32.2. The summed E-state index contributed by atoms with van der Waals surface area (Å²) in [5.74, 6) is 1.64. The number of thioether (sulfide) groups is 1. The Bertz CT molecular complexity index is 300. The van der Waals surface area contributed by atoms with E-state index in [4.69, 9.17) is 4.74 Å². The van der Waals surface area contributed by atoms with Gasteiger partial charge in [0.15, 0.2) is 0 Å². The van der Waals surface area contributed by atoms with E-state index in [9.17, 15) is 4.79 Å². The smallest absolute Gasteiger partial charge is 0.261 e. The molecule has 0 aliphatic carbocycles. The van der Waals surface area contributed by atoms with Crippen LogP contribution in [0.4, 0.5) is 0 Å². The number of carbonyl (C=O) groups is 1. The summed E-state index contributed by atoms with van der Waals surface area (Å²) in [7, 11) is 0. The van der Waals surface area contributed by atoms with Crippen LogP contribution >= 0.6 is 11.8 Å². The van der Waals surface area contributed by atoms with Crippen molar-refractivity contribution in [3.63, 3.8) is 0 Å². The molecule has 0 aromatic heterocycles. The maximum absolute atomic E-state index is 12.2. The molecule has 4 heteroatoms. The summed E-state index contributed by atoms with van der Waals surface area (Å²) in [5.41, 5.74) is -0.0671. The number of hydrogen-bond donors (Lipinski definition) is 1. The molecule has 1 aliphatic heterocycles. The molecule has 1 rings (SSSR count). The summed E-state index contributed by atoms with van der Waals surface area (Å²) >= 11 is 1.59. The van der Waals surface area contributed by atoms with Gasteiger partial charge in [-0.25, -0.2) is 0 Å². The van der Waals surface area contributed by atoms with Crippen molar-refractivity contribution in [2.75, 3.05) is 12.4 Å². The van der Waals surface area contributed by atoms with Crippen LogP contribution in [0.1, 0.15) is 47.0 Å². The zero-order chi connectivity index (χ0) is 12.9. The van der Waals surface area contributed by atoms with Gasteiger partial charge in [-0.05, 0) is 26.2 Å². The molecule has 0 bridgehead atoms. The maximum Gasteiger partial charge on any atom is 0.261 e. The molecule has 3 nitrogen and oxygen atoms in total. The molecule has 0 spiro atoms. The highest BCUT2D eigenvalue weighted by Gasteiger charge is 2.29. The third-order valence-corrected chi connectivity index (χ3v) is 4.72. The fourth-order valence-electron chi connectivity index (χ4n) is 2.04. The summed E-state index contributed by atoms with van der Waals surface area (Å²) in [5, 5.41) is 3.18. The topological polar surface area (TPSA) is 38.3 Å². The lowest BCUT2D eigenvalue weighted by Gasteiger charge is -2.32. The monoisotopic (exact) mass is 257 g/mol. The van der Waals surface area contributed by atoms with Crippen molar-refractivity contribution < 1.29 is 9.53 Å². The molecule has 0 saturated carbocycles. The van der Waals surface area contributed by atoms with E-state index in [2.05, 4.69) is 26.1 Å². The van der Waals surface area contributed by atoms with Crippen molar-refractivity contribution in [2.24, 2.45) is 0 Å². The summed E-state index contributed by atoms with van der Waals surface area (Å²) in [4.78, 5) is 13.0. The number of nitrogens with one attached hydrogen (secondary N) is 1. The Morgan fingerprint density at radius 1 is 1.35 bits per heavy atom. The number of allylic oxidation sites excluding steroid dienone is 1. The van der Waals surface area contributed by atoms with E-state index < -0.39 is 0 Å². The van der Waals surface area contributed by atoms with E-state index in [1.165, 1.54) is 0 Å². The standard InChI is InChI=1S/C13H23NO2S/c1-5-13(6-2,7-3)14-12(15)11-10(4)16-8-9-17-11/h5-9H2,1-4H3,(H,14,15). The summed E-state index contributed by atoms with van der Waals surface area (Å²) < 4.78 is 5.42. The Morgan fingerprint density at radius 3 is 2.41 bits per heavy atom. The highest BCUT2D eigenvalue weighted by Crippen LogP contribution is 2.27. The Labute approximate surface area is 108 Å². The van der Waals surface area contributed by atoms with Gasteiger partial charge in [0.25, 0.3) is 5.91 Å². The van der Waals surface area contributed by atoms with Crippen LogP contribution in [0.25, 0.3) is 0 Å². The molecule has 0 unspecified atom stereocenters. The molecule has 98 valence electrons. The Morgan fingerprint density at radius 2 is 1.94 bits per heavy atom. The zero-order valence-electron chi connectivity index (χ0n) is 11.3. The quantitative estimate of drug-likeness (QED) is 0.822. The van der Waals surface area contributed by atoms with Gasteiger partial charge in [0.2, 0.25) is 0 Å². The van der Waals surface area contributed by atoms with Gasteiger partial charge in [0.05, 0.1) is 6.61 Å². The third kappa shape index (κ3) is 3.41. The molecule has 1 heterocycles. The second-order valence-electron chi connectivity index (χ2n) is 4.38. The van der Waals surface area contributed by atoms with Crippen molar-refractivity contribution in [3.8, 4) is 0 Å². The first-order chi connectivity index (χ1) is 8.08. The number of rotatable bonds is 5. The predicted octanol–water partition coefficient (Wildman–Crippen LogP) is 3.07. The number of amides is 1. The molecule has 0 fully saturated rings. The van der Waals surface area contributed by atoms with Crippen molar-refractivity contribution in [1.82, 2.24) is 5.32 Å². The molecule has 0 aromatic carbocycles. The average Bonchev–Trinajstić information content (AvgIpc) is 2.36. The lowest BCUT2D eigenvalue weighted by molar-refractivity contribution is -0.119. The summed E-state index contributed by atoms with van der Waals surface area (Å²) in [6.07, 6.45) is 2.89. The molecular formula is C13H23NO2S. The van der Waals surface area contributed by atoms with Crippen LogP contribution in [0, 0.1) is 0 Å². The van der Waals surface area contributed by atoms with Gasteiger partial charge in [-0.2, -0.15) is 0 Å². The lowest BCUT2D eigenvalue weighted by Crippen LogP contribution is -2.47. The molecule has 0 saturated heterocycles. The van der Waals surface area contributed by atoms with E-state index in [1.807, 2.05) is 6.92 Å². The van der Waals surface area contributed by atoms with Crippen molar-refractivity contribution in [3.05, 3.63) is 10.7 Å². The van der Waals surface area contributed by atoms with E-state index in [0.717, 1.165) is 35.7 Å². The zero-order valence-corrected chi connectivity index (χ0v) is 12.1. The molecule has 1 amide bonds. The average molecular weight is 257 g/mol. The van der Waals surface area contributed by atoms with E-state index in [-0.39, 0.29) is 11.4 Å². The summed E-state index contributed by atoms with van der Waals surface area (Å²) in [6, 6.07) is 0. The molecule has 17 heavy (non-hydrogen) atoms. The minimum atomic E-state index is -0.0671. The molecule has 0 radical (unpaired) electrons. The molecule has 1 aliphatic rings. The van der Waals surface area contributed by atoms with Gasteiger partial charge in [-0.1, -0.05) is 20.8 Å².